The lowest BCUT2D eigenvalue weighted by Gasteiger charge is -2.10. The Bertz CT molecular complexity index is 551. The van der Waals surface area contributed by atoms with Crippen molar-refractivity contribution in [1.29, 1.82) is 0 Å². The summed E-state index contributed by atoms with van der Waals surface area (Å²) in [5, 5.41) is 7.15. The molecule has 0 fully saturated rings. The van der Waals surface area contributed by atoms with Gasteiger partial charge in [0.15, 0.2) is 10.6 Å². The van der Waals surface area contributed by atoms with Crippen LogP contribution < -0.4 is 0 Å². The molecule has 1 heterocycles. The Morgan fingerprint density at radius 1 is 1.38 bits per heavy atom. The van der Waals surface area contributed by atoms with Gasteiger partial charge in [0.25, 0.3) is 0 Å². The van der Waals surface area contributed by atoms with Crippen molar-refractivity contribution in [2.24, 2.45) is 0 Å². The minimum Gasteiger partial charge on any atom is -0.298 e. The molecule has 0 aliphatic carbocycles. The molecule has 4 heteroatoms. The van der Waals surface area contributed by atoms with Gasteiger partial charge in [0.2, 0.25) is 0 Å². The quantitative estimate of drug-likeness (QED) is 0.805. The van der Waals surface area contributed by atoms with E-state index in [1.165, 1.54) is 5.56 Å². The first-order valence-electron chi connectivity index (χ1n) is 5.33. The first-order valence-corrected chi connectivity index (χ1v) is 5.74. The number of hydrogen-bond donors (Lipinski definition) is 1. The molecule has 0 bridgehead atoms. The molecule has 0 saturated heterocycles. The maximum atomic E-state index is 5.23. The van der Waals surface area contributed by atoms with Crippen LogP contribution in [0.2, 0.25) is 0 Å². The molecule has 0 unspecified atom stereocenters. The molecule has 1 N–H and O–H groups in total. The summed E-state index contributed by atoms with van der Waals surface area (Å²) in [6.45, 7) is 6.28. The van der Waals surface area contributed by atoms with Crippen molar-refractivity contribution < 1.29 is 0 Å². The van der Waals surface area contributed by atoms with E-state index in [0.29, 0.717) is 10.8 Å². The van der Waals surface area contributed by atoms with E-state index < -0.39 is 0 Å². The average Bonchev–Trinajstić information content (AvgIpc) is 2.60. The number of aromatic amines is 1. The maximum absolute atomic E-state index is 5.23. The molecule has 1 aromatic heterocycles. The Balaban J connectivity index is 2.61. The fourth-order valence-electron chi connectivity index (χ4n) is 1.77. The lowest BCUT2D eigenvalue weighted by atomic mass is 10.1. The van der Waals surface area contributed by atoms with E-state index in [-0.39, 0.29) is 0 Å². The van der Waals surface area contributed by atoms with Gasteiger partial charge in [-0.1, -0.05) is 23.8 Å². The smallest absolute Gasteiger partial charge is 0.195 e. The molecule has 1 aromatic carbocycles. The van der Waals surface area contributed by atoms with Crippen LogP contribution in [0.15, 0.2) is 24.3 Å². The highest BCUT2D eigenvalue weighted by atomic mass is 32.1. The third kappa shape index (κ3) is 1.93. The number of nitrogens with one attached hydrogen (secondary N) is 1. The highest BCUT2D eigenvalue weighted by Crippen LogP contribution is 2.21. The summed E-state index contributed by atoms with van der Waals surface area (Å²) in [6.07, 6.45) is 0. The maximum Gasteiger partial charge on any atom is 0.195 e. The van der Waals surface area contributed by atoms with Crippen LogP contribution in [-0.4, -0.2) is 14.8 Å². The third-order valence-corrected chi connectivity index (χ3v) is 2.79. The first-order chi connectivity index (χ1) is 7.59. The van der Waals surface area contributed by atoms with Crippen molar-refractivity contribution in [3.05, 3.63) is 34.6 Å². The van der Waals surface area contributed by atoms with Gasteiger partial charge < -0.3 is 0 Å². The Labute approximate surface area is 100 Å². The number of hydrogen-bond acceptors (Lipinski definition) is 2. The minimum atomic E-state index is 0.307. The number of aryl methyl sites for hydroxylation is 1. The fraction of sp³-hybridized carbons (Fsp3) is 0.333. The zero-order valence-corrected chi connectivity index (χ0v) is 10.5. The van der Waals surface area contributed by atoms with E-state index in [1.54, 1.807) is 0 Å². The van der Waals surface area contributed by atoms with Crippen LogP contribution in [0.5, 0.6) is 0 Å². The lowest BCUT2D eigenvalue weighted by molar-refractivity contribution is 0.597. The number of aromatic nitrogens is 3. The second-order valence-corrected chi connectivity index (χ2v) is 4.57. The standard InChI is InChI=1S/C12H15N3S/c1-8(2)15-11(13-14-12(15)16)10-6-4-5-9(3)7-10/h4-8H,1-3H3,(H,14,16). The Kier molecular flexibility index (Phi) is 2.92. The largest absolute Gasteiger partial charge is 0.298 e. The van der Waals surface area contributed by atoms with Gasteiger partial charge in [-0.15, -0.1) is 0 Å². The molecule has 0 amide bonds. The van der Waals surface area contributed by atoms with Crippen molar-refractivity contribution in [2.45, 2.75) is 26.8 Å². The summed E-state index contributed by atoms with van der Waals surface area (Å²) >= 11 is 5.23. The predicted molar refractivity (Wildman–Crippen MR) is 68.0 cm³/mol. The molecule has 0 aliphatic rings. The lowest BCUT2D eigenvalue weighted by Crippen LogP contribution is -2.03. The van der Waals surface area contributed by atoms with E-state index in [1.807, 2.05) is 10.6 Å². The topological polar surface area (TPSA) is 33.6 Å². The van der Waals surface area contributed by atoms with Crippen LogP contribution in [0.25, 0.3) is 11.4 Å². The summed E-state index contributed by atoms with van der Waals surface area (Å²) in [7, 11) is 0. The highest BCUT2D eigenvalue weighted by Gasteiger charge is 2.10. The summed E-state index contributed by atoms with van der Waals surface area (Å²) < 4.78 is 2.70. The van der Waals surface area contributed by atoms with E-state index in [0.717, 1.165) is 11.4 Å². The van der Waals surface area contributed by atoms with Gasteiger partial charge in [-0.3, -0.25) is 9.67 Å². The third-order valence-electron chi connectivity index (χ3n) is 2.50. The summed E-state index contributed by atoms with van der Waals surface area (Å²) in [5.41, 5.74) is 2.32. The molecule has 0 atom stereocenters. The highest BCUT2D eigenvalue weighted by molar-refractivity contribution is 7.71. The fourth-order valence-corrected chi connectivity index (χ4v) is 2.11. The summed E-state index contributed by atoms with van der Waals surface area (Å²) in [4.78, 5) is 0. The molecule has 16 heavy (non-hydrogen) atoms. The predicted octanol–water partition coefficient (Wildman–Crippen LogP) is 3.50. The van der Waals surface area contributed by atoms with Crippen LogP contribution in [0, 0.1) is 11.7 Å². The molecular weight excluding hydrogens is 218 g/mol. The van der Waals surface area contributed by atoms with Gasteiger partial charge in [-0.25, -0.2) is 0 Å². The van der Waals surface area contributed by atoms with Crippen molar-refractivity contribution in [3.8, 4) is 11.4 Å². The van der Waals surface area contributed by atoms with Crippen LogP contribution in [0.1, 0.15) is 25.5 Å². The van der Waals surface area contributed by atoms with E-state index in [2.05, 4.69) is 49.2 Å². The number of rotatable bonds is 2. The van der Waals surface area contributed by atoms with E-state index >= 15 is 0 Å². The summed E-state index contributed by atoms with van der Waals surface area (Å²) in [6, 6.07) is 8.58. The summed E-state index contributed by atoms with van der Waals surface area (Å²) in [5.74, 6) is 0.906. The molecule has 3 nitrogen and oxygen atoms in total. The molecule has 0 aliphatic heterocycles. The van der Waals surface area contributed by atoms with Crippen LogP contribution in [0.3, 0.4) is 0 Å². The van der Waals surface area contributed by atoms with Gasteiger partial charge in [0.05, 0.1) is 0 Å². The van der Waals surface area contributed by atoms with Gasteiger partial charge in [0.1, 0.15) is 0 Å². The monoisotopic (exact) mass is 233 g/mol. The zero-order chi connectivity index (χ0) is 11.7. The SMILES string of the molecule is Cc1cccc(-c2n[nH]c(=S)n2C(C)C)c1. The normalized spacial score (nSPS) is 11.0. The number of H-pyrrole nitrogens is 1. The van der Waals surface area contributed by atoms with Crippen molar-refractivity contribution in [2.75, 3.05) is 0 Å². The van der Waals surface area contributed by atoms with Gasteiger partial charge in [-0.05, 0) is 39.1 Å². The van der Waals surface area contributed by atoms with Crippen molar-refractivity contribution in [1.82, 2.24) is 14.8 Å². The second-order valence-electron chi connectivity index (χ2n) is 4.19. The zero-order valence-electron chi connectivity index (χ0n) is 9.69. The van der Waals surface area contributed by atoms with Crippen molar-refractivity contribution in [3.63, 3.8) is 0 Å². The average molecular weight is 233 g/mol. The molecule has 84 valence electrons. The minimum absolute atomic E-state index is 0.307. The Morgan fingerprint density at radius 2 is 2.12 bits per heavy atom. The van der Waals surface area contributed by atoms with Crippen LogP contribution in [-0.2, 0) is 0 Å². The van der Waals surface area contributed by atoms with E-state index in [4.69, 9.17) is 12.2 Å². The van der Waals surface area contributed by atoms with Gasteiger partial charge in [0, 0.05) is 11.6 Å². The molecule has 0 radical (unpaired) electrons. The second kappa shape index (κ2) is 4.22. The van der Waals surface area contributed by atoms with Crippen molar-refractivity contribution >= 4 is 12.2 Å². The van der Waals surface area contributed by atoms with Crippen LogP contribution in [0.4, 0.5) is 0 Å². The van der Waals surface area contributed by atoms with E-state index in [9.17, 15) is 0 Å². The van der Waals surface area contributed by atoms with Crippen LogP contribution >= 0.6 is 12.2 Å². The Hall–Kier alpha value is -1.42. The molecule has 2 aromatic rings. The molecule has 0 saturated carbocycles. The number of benzene rings is 1. The van der Waals surface area contributed by atoms with Gasteiger partial charge in [-0.2, -0.15) is 5.10 Å². The Morgan fingerprint density at radius 3 is 2.75 bits per heavy atom. The van der Waals surface area contributed by atoms with Gasteiger partial charge >= 0.3 is 0 Å². The first kappa shape index (κ1) is 11.1. The molecular formula is C12H15N3S. The number of nitrogens with zero attached hydrogens (tertiary/aromatic N) is 2. The molecule has 2 rings (SSSR count). The molecule has 0 spiro atoms.